The van der Waals surface area contributed by atoms with E-state index in [0.29, 0.717) is 29.1 Å². The number of unbranched alkanes of at least 4 members (excludes halogenated alkanes) is 2. The van der Waals surface area contributed by atoms with Crippen LogP contribution in [-0.4, -0.2) is 34.8 Å². The second-order valence-electron chi connectivity index (χ2n) is 4.70. The Bertz CT molecular complexity index is 529. The van der Waals surface area contributed by atoms with E-state index in [1.165, 1.54) is 0 Å². The third kappa shape index (κ3) is 6.43. The molecule has 3 nitrogen and oxygen atoms in total. The molecule has 0 aliphatic heterocycles. The van der Waals surface area contributed by atoms with Gasteiger partial charge in [0, 0.05) is 23.9 Å². The van der Waals surface area contributed by atoms with Gasteiger partial charge in [-0.15, -0.1) is 0 Å². The van der Waals surface area contributed by atoms with Gasteiger partial charge in [-0.1, -0.05) is 24.3 Å². The van der Waals surface area contributed by atoms with E-state index in [0.717, 1.165) is 7.05 Å². The lowest BCUT2D eigenvalue weighted by Crippen LogP contribution is -2.38. The minimum Gasteiger partial charge on any atom is -0.338 e. The fourth-order valence-corrected chi connectivity index (χ4v) is 2.61. The number of hydrogen-bond donors (Lipinski definition) is 0. The lowest BCUT2D eigenvalue weighted by atomic mass is 10.2. The van der Waals surface area contributed by atoms with E-state index in [1.807, 2.05) is 6.07 Å². The van der Waals surface area contributed by atoms with E-state index in [-0.39, 0.29) is 6.54 Å². The van der Waals surface area contributed by atoms with E-state index in [2.05, 4.69) is 0 Å². The molecule has 1 atom stereocenters. The highest BCUT2D eigenvalue weighted by molar-refractivity contribution is 7.88. The van der Waals surface area contributed by atoms with Gasteiger partial charge >= 0.3 is 12.1 Å². The summed E-state index contributed by atoms with van der Waals surface area (Å²) in [6.45, 7) is 0.0496. The monoisotopic (exact) mass is 333 g/mol. The zero-order valence-electron chi connectivity index (χ0n) is 12.2. The summed E-state index contributed by atoms with van der Waals surface area (Å²) < 4.78 is 48.3. The Balaban J connectivity index is 2.24. The largest absolute Gasteiger partial charge is 0.471 e. The fourth-order valence-electron chi connectivity index (χ4n) is 1.72. The van der Waals surface area contributed by atoms with Gasteiger partial charge in [-0.05, 0) is 31.4 Å². The molecule has 0 radical (unpaired) electrons. The highest BCUT2D eigenvalue weighted by atomic mass is 32.2. The summed E-state index contributed by atoms with van der Waals surface area (Å²) in [6, 6.07) is 8.96. The molecule has 1 aromatic carbocycles. The molecule has 0 aromatic heterocycles. The molecule has 1 unspecified atom stereocenters. The number of rotatable bonds is 7. The van der Waals surface area contributed by atoms with Gasteiger partial charge in [0.2, 0.25) is 0 Å². The molecule has 0 saturated heterocycles. The van der Waals surface area contributed by atoms with Crippen molar-refractivity contribution in [2.45, 2.75) is 30.3 Å². The van der Waals surface area contributed by atoms with Crippen LogP contribution in [0.15, 0.2) is 46.7 Å². The summed E-state index contributed by atoms with van der Waals surface area (Å²) in [7, 11) is -0.0755. The molecule has 0 fully saturated rings. The van der Waals surface area contributed by atoms with Crippen LogP contribution in [0.2, 0.25) is 0 Å². The van der Waals surface area contributed by atoms with Crippen molar-refractivity contribution < 1.29 is 22.2 Å². The first kappa shape index (κ1) is 18.4. The Morgan fingerprint density at radius 3 is 2.45 bits per heavy atom. The van der Waals surface area contributed by atoms with E-state index in [1.54, 1.807) is 35.7 Å². The third-order valence-electron chi connectivity index (χ3n) is 2.90. The second-order valence-corrected chi connectivity index (χ2v) is 6.04. The Kier molecular flexibility index (Phi) is 7.31. The summed E-state index contributed by atoms with van der Waals surface area (Å²) in [4.78, 5) is 12.3. The zero-order chi connectivity index (χ0) is 16.6. The molecule has 7 heteroatoms. The summed E-state index contributed by atoms with van der Waals surface area (Å²) in [5, 5.41) is 1.57. The summed E-state index contributed by atoms with van der Waals surface area (Å²) in [6.07, 6.45) is -1.39. The maximum Gasteiger partial charge on any atom is 0.471 e. The molecular formula is C15H18F3NO2S. The average molecular weight is 333 g/mol. The topological polar surface area (TPSA) is 37.4 Å². The van der Waals surface area contributed by atoms with Crippen LogP contribution >= 0.6 is 0 Å². The normalized spacial score (nSPS) is 13.3. The average Bonchev–Trinajstić information content (AvgIpc) is 2.49. The van der Waals surface area contributed by atoms with Crippen molar-refractivity contribution in [2.24, 2.45) is 0 Å². The lowest BCUT2D eigenvalue weighted by molar-refractivity contribution is -0.184. The number of carbonyl (C=O) groups excluding carboxylic acids is 1. The van der Waals surface area contributed by atoms with E-state index in [4.69, 9.17) is 0 Å². The maximum absolute atomic E-state index is 12.1. The SMILES string of the molecule is CN(CCCC/C=C/S(=O)c1ccccc1)C(=O)C(F)(F)F. The van der Waals surface area contributed by atoms with Crippen LogP contribution in [0, 0.1) is 0 Å². The minimum absolute atomic E-state index is 0.0496. The molecule has 0 bridgehead atoms. The van der Waals surface area contributed by atoms with Gasteiger partial charge in [-0.2, -0.15) is 13.2 Å². The van der Waals surface area contributed by atoms with Crippen LogP contribution in [0.25, 0.3) is 0 Å². The van der Waals surface area contributed by atoms with Crippen LogP contribution in [0.3, 0.4) is 0 Å². The highest BCUT2D eigenvalue weighted by Gasteiger charge is 2.40. The number of carbonyl (C=O) groups is 1. The number of hydrogen-bond acceptors (Lipinski definition) is 2. The van der Waals surface area contributed by atoms with Crippen molar-refractivity contribution in [2.75, 3.05) is 13.6 Å². The molecular weight excluding hydrogens is 315 g/mol. The zero-order valence-corrected chi connectivity index (χ0v) is 13.0. The van der Waals surface area contributed by atoms with Crippen LogP contribution in [0.5, 0.6) is 0 Å². The van der Waals surface area contributed by atoms with Crippen LogP contribution < -0.4 is 0 Å². The molecule has 1 amide bonds. The molecule has 22 heavy (non-hydrogen) atoms. The van der Waals surface area contributed by atoms with Gasteiger partial charge in [-0.3, -0.25) is 4.79 Å². The van der Waals surface area contributed by atoms with E-state index in [9.17, 15) is 22.2 Å². The molecule has 0 aliphatic carbocycles. The molecule has 0 aliphatic rings. The predicted molar refractivity (Wildman–Crippen MR) is 79.5 cm³/mol. The number of halogens is 3. The number of alkyl halides is 3. The van der Waals surface area contributed by atoms with Crippen LogP contribution in [0.4, 0.5) is 13.2 Å². The van der Waals surface area contributed by atoms with Gasteiger partial charge in [0.25, 0.3) is 0 Å². The Morgan fingerprint density at radius 2 is 1.86 bits per heavy atom. The molecule has 0 spiro atoms. The van der Waals surface area contributed by atoms with Gasteiger partial charge < -0.3 is 4.90 Å². The molecule has 0 N–H and O–H groups in total. The van der Waals surface area contributed by atoms with Gasteiger partial charge in [0.05, 0.1) is 10.8 Å². The first-order valence-electron chi connectivity index (χ1n) is 6.77. The highest BCUT2D eigenvalue weighted by Crippen LogP contribution is 2.17. The Labute approximate surface area is 130 Å². The Hall–Kier alpha value is -1.63. The van der Waals surface area contributed by atoms with Gasteiger partial charge in [0.15, 0.2) is 0 Å². The molecule has 0 saturated carbocycles. The van der Waals surface area contributed by atoms with Crippen molar-refractivity contribution >= 4 is 16.7 Å². The number of amides is 1. The van der Waals surface area contributed by atoms with Crippen LogP contribution in [0.1, 0.15) is 19.3 Å². The summed E-state index contributed by atoms with van der Waals surface area (Å²) in [5.74, 6) is -1.83. The molecule has 1 rings (SSSR count). The summed E-state index contributed by atoms with van der Waals surface area (Å²) >= 11 is 0. The molecule has 1 aromatic rings. The van der Waals surface area contributed by atoms with Crippen LogP contribution in [-0.2, 0) is 15.6 Å². The van der Waals surface area contributed by atoms with Crippen molar-refractivity contribution in [3.8, 4) is 0 Å². The maximum atomic E-state index is 12.1. The minimum atomic E-state index is -4.82. The fraction of sp³-hybridized carbons (Fsp3) is 0.400. The Morgan fingerprint density at radius 1 is 1.23 bits per heavy atom. The first-order chi connectivity index (χ1) is 10.3. The van der Waals surface area contributed by atoms with E-state index < -0.39 is 22.9 Å². The van der Waals surface area contributed by atoms with Crippen molar-refractivity contribution in [1.29, 1.82) is 0 Å². The standard InChI is InChI=1S/C15H18F3NO2S/c1-19(14(20)15(16,17)18)11-7-2-3-8-12-22(21)13-9-5-4-6-10-13/h4-6,8-10,12H,2-3,7,11H2,1H3/b12-8+. The second kappa shape index (κ2) is 8.73. The number of allylic oxidation sites excluding steroid dienone is 1. The number of benzene rings is 1. The molecule has 0 heterocycles. The lowest BCUT2D eigenvalue weighted by Gasteiger charge is -2.18. The number of nitrogens with zero attached hydrogens (tertiary/aromatic N) is 1. The summed E-state index contributed by atoms with van der Waals surface area (Å²) in [5.41, 5.74) is 0. The van der Waals surface area contributed by atoms with Crippen molar-refractivity contribution in [3.63, 3.8) is 0 Å². The predicted octanol–water partition coefficient (Wildman–Crippen LogP) is 3.50. The van der Waals surface area contributed by atoms with Crippen molar-refractivity contribution in [1.82, 2.24) is 4.90 Å². The molecule has 122 valence electrons. The first-order valence-corrected chi connectivity index (χ1v) is 7.98. The van der Waals surface area contributed by atoms with Crippen molar-refractivity contribution in [3.05, 3.63) is 41.8 Å². The van der Waals surface area contributed by atoms with Gasteiger partial charge in [0.1, 0.15) is 0 Å². The quantitative estimate of drug-likeness (QED) is 0.716. The van der Waals surface area contributed by atoms with E-state index >= 15 is 0 Å². The smallest absolute Gasteiger partial charge is 0.338 e. The van der Waals surface area contributed by atoms with Gasteiger partial charge in [-0.25, -0.2) is 4.21 Å². The third-order valence-corrected chi connectivity index (χ3v) is 4.08.